The molecule has 0 saturated carbocycles. The van der Waals surface area contributed by atoms with E-state index in [0.717, 1.165) is 51.4 Å². The number of nitrogens with one attached hydrogen (secondary N) is 7. The van der Waals surface area contributed by atoms with E-state index in [1.165, 1.54) is 34.6 Å². The van der Waals surface area contributed by atoms with Gasteiger partial charge in [-0.1, -0.05) is 79.1 Å². The van der Waals surface area contributed by atoms with E-state index in [9.17, 15) is 43.5 Å². The summed E-state index contributed by atoms with van der Waals surface area (Å²) in [6, 6.07) is -4.56. The lowest BCUT2D eigenvalue weighted by atomic mass is 9.97. The molecule has 374 valence electrons. The summed E-state index contributed by atoms with van der Waals surface area (Å²) >= 11 is 0. The monoisotopic (exact) mass is 922 g/mol. The molecule has 8 amide bonds. The minimum atomic E-state index is -1.58. The largest absolute Gasteiger partial charge is 0.391 e. The van der Waals surface area contributed by atoms with Crippen LogP contribution in [0.5, 0.6) is 0 Å². The summed E-state index contributed by atoms with van der Waals surface area (Å²) in [6.45, 7) is 18.1. The molecule has 0 spiro atoms. The number of amides is 8. The van der Waals surface area contributed by atoms with E-state index in [1.54, 1.807) is 4.90 Å². The van der Waals surface area contributed by atoms with Crippen LogP contribution in [0.2, 0.25) is 0 Å². The van der Waals surface area contributed by atoms with Crippen LogP contribution in [-0.2, 0) is 38.4 Å². The Kier molecular flexibility index (Phi) is 26.5. The number of rotatable bonds is 31. The highest BCUT2D eigenvalue weighted by molar-refractivity contribution is 5.99. The maximum Gasteiger partial charge on any atom is 0.246 e. The minimum absolute atomic E-state index is 0.0374. The van der Waals surface area contributed by atoms with Crippen molar-refractivity contribution in [2.24, 2.45) is 5.92 Å². The van der Waals surface area contributed by atoms with Crippen LogP contribution in [-0.4, -0.2) is 143 Å². The summed E-state index contributed by atoms with van der Waals surface area (Å²) in [6.07, 6.45) is 8.76. The van der Waals surface area contributed by atoms with Crippen molar-refractivity contribution in [1.29, 1.82) is 0 Å². The van der Waals surface area contributed by atoms with Crippen molar-refractivity contribution in [2.45, 2.75) is 213 Å². The Morgan fingerprint density at radius 1 is 0.692 bits per heavy atom. The van der Waals surface area contributed by atoms with Gasteiger partial charge in [0.1, 0.15) is 35.2 Å². The van der Waals surface area contributed by atoms with Crippen LogP contribution < -0.4 is 37.2 Å². The van der Waals surface area contributed by atoms with E-state index < -0.39 is 76.8 Å². The standard InChI is InChI=1S/C47H87N9O9/c1-13-15-17-18-19-21-23-34(50-42(62)36-24-22-28-56(36)38(59)25-20-16-14-2)40(60)52-39(33(6)57)43(63)51-35(29-31(3)4)41(61)53-47(9,10)45(65)54-46(7,8)44(64)48-27-26-37(58)49-32(5)30-55(11)12/h31-36,39,57H,13-30H2,1-12H3,(H,48,64)(H,49,58)(H,50,62)(H,51,63)(H,52,60)(H,53,61)(H,54,65)/t32-,33+,34-,35-,36-,39-/m0/s1. The van der Waals surface area contributed by atoms with Gasteiger partial charge in [0.15, 0.2) is 0 Å². The van der Waals surface area contributed by atoms with Gasteiger partial charge in [-0.3, -0.25) is 38.4 Å². The first-order chi connectivity index (χ1) is 30.4. The number of unbranched alkanes of at least 4 members (excludes halogenated alkanes) is 7. The highest BCUT2D eigenvalue weighted by Gasteiger charge is 2.40. The van der Waals surface area contributed by atoms with Gasteiger partial charge < -0.3 is 52.1 Å². The highest BCUT2D eigenvalue weighted by Crippen LogP contribution is 2.21. The molecule has 0 bridgehead atoms. The third kappa shape index (κ3) is 22.1. The van der Waals surface area contributed by atoms with E-state index in [1.807, 2.05) is 39.8 Å². The zero-order valence-electron chi connectivity index (χ0n) is 41.9. The Labute approximate surface area is 389 Å². The van der Waals surface area contributed by atoms with Crippen molar-refractivity contribution in [1.82, 2.24) is 47.0 Å². The molecule has 0 aromatic carbocycles. The maximum absolute atomic E-state index is 14.0. The third-order valence-electron chi connectivity index (χ3n) is 11.4. The average Bonchev–Trinajstić information content (AvgIpc) is 3.70. The fraction of sp³-hybridized carbons (Fsp3) is 0.830. The van der Waals surface area contributed by atoms with E-state index in [-0.39, 0.29) is 49.6 Å². The summed E-state index contributed by atoms with van der Waals surface area (Å²) in [5, 5.41) is 29.9. The fourth-order valence-electron chi connectivity index (χ4n) is 7.70. The van der Waals surface area contributed by atoms with E-state index >= 15 is 0 Å². The molecule has 1 aliphatic heterocycles. The van der Waals surface area contributed by atoms with Crippen molar-refractivity contribution >= 4 is 47.3 Å². The summed E-state index contributed by atoms with van der Waals surface area (Å²) in [7, 11) is 3.80. The molecule has 1 heterocycles. The van der Waals surface area contributed by atoms with Crippen molar-refractivity contribution < 1.29 is 43.5 Å². The number of hydrogen-bond donors (Lipinski definition) is 8. The van der Waals surface area contributed by atoms with Crippen LogP contribution in [0.1, 0.15) is 166 Å². The van der Waals surface area contributed by atoms with Crippen molar-refractivity contribution in [3.8, 4) is 0 Å². The van der Waals surface area contributed by atoms with Gasteiger partial charge in [-0.15, -0.1) is 0 Å². The molecule has 6 atom stereocenters. The predicted octanol–water partition coefficient (Wildman–Crippen LogP) is 2.55. The van der Waals surface area contributed by atoms with Crippen LogP contribution >= 0.6 is 0 Å². The number of aliphatic hydroxyl groups excluding tert-OH is 1. The van der Waals surface area contributed by atoms with Crippen molar-refractivity contribution in [2.75, 3.05) is 33.7 Å². The summed E-state index contributed by atoms with van der Waals surface area (Å²) in [4.78, 5) is 111. The van der Waals surface area contributed by atoms with Crippen LogP contribution in [0.4, 0.5) is 0 Å². The quantitative estimate of drug-likeness (QED) is 0.0473. The van der Waals surface area contributed by atoms with Gasteiger partial charge in [0.25, 0.3) is 0 Å². The minimum Gasteiger partial charge on any atom is -0.391 e. The lowest BCUT2D eigenvalue weighted by Crippen LogP contribution is -2.65. The molecule has 18 nitrogen and oxygen atoms in total. The molecule has 0 radical (unpaired) electrons. The first kappa shape index (κ1) is 58.7. The molecular weight excluding hydrogens is 835 g/mol. The van der Waals surface area contributed by atoms with Gasteiger partial charge in [-0.05, 0) is 93.7 Å². The topological polar surface area (TPSA) is 247 Å². The summed E-state index contributed by atoms with van der Waals surface area (Å²) in [5.74, 6) is -4.35. The number of nitrogens with zero attached hydrogens (tertiary/aromatic N) is 2. The Hall–Kier alpha value is -4.32. The molecule has 8 N–H and O–H groups in total. The molecule has 0 aromatic heterocycles. The highest BCUT2D eigenvalue weighted by atomic mass is 16.3. The Bertz CT molecular complexity index is 1550. The molecule has 0 aliphatic carbocycles. The number of likely N-dealkylation sites (N-methyl/N-ethyl adjacent to an activating group) is 1. The zero-order valence-corrected chi connectivity index (χ0v) is 41.9. The SMILES string of the molecule is CCCCCCCC[C@H](NC(=O)[C@@H]1CCCN1C(=O)CCCCC)C(=O)N[C@H](C(=O)N[C@@H](CC(C)C)C(=O)NC(C)(C)C(=O)NC(C)(C)C(=O)NCCC(=O)N[C@@H](C)CN(C)C)[C@@H](C)O. The van der Waals surface area contributed by atoms with Gasteiger partial charge in [-0.25, -0.2) is 0 Å². The molecule has 65 heavy (non-hydrogen) atoms. The van der Waals surface area contributed by atoms with E-state index in [2.05, 4.69) is 51.1 Å². The lowest BCUT2D eigenvalue weighted by molar-refractivity contribution is -0.140. The maximum atomic E-state index is 14.0. The summed E-state index contributed by atoms with van der Waals surface area (Å²) < 4.78 is 0. The van der Waals surface area contributed by atoms with E-state index in [0.29, 0.717) is 38.8 Å². The number of aliphatic hydroxyl groups is 1. The zero-order chi connectivity index (χ0) is 49.5. The fourth-order valence-corrected chi connectivity index (χ4v) is 7.70. The molecule has 0 aromatic rings. The first-order valence-electron chi connectivity index (χ1n) is 24.1. The average molecular weight is 922 g/mol. The number of carbonyl (C=O) groups is 8. The van der Waals surface area contributed by atoms with Crippen LogP contribution in [0.3, 0.4) is 0 Å². The summed E-state index contributed by atoms with van der Waals surface area (Å²) in [5.41, 5.74) is -3.01. The smallest absolute Gasteiger partial charge is 0.246 e. The van der Waals surface area contributed by atoms with Gasteiger partial charge in [0.2, 0.25) is 47.3 Å². The molecule has 18 heteroatoms. The second-order valence-corrected chi connectivity index (χ2v) is 19.7. The Morgan fingerprint density at radius 2 is 1.29 bits per heavy atom. The van der Waals surface area contributed by atoms with Crippen molar-refractivity contribution in [3.63, 3.8) is 0 Å². The normalized spacial score (nSPS) is 16.5. The van der Waals surface area contributed by atoms with Gasteiger partial charge >= 0.3 is 0 Å². The molecule has 1 saturated heterocycles. The third-order valence-corrected chi connectivity index (χ3v) is 11.4. The molecule has 1 aliphatic rings. The number of likely N-dealkylation sites (tertiary alicyclic amines) is 1. The molecular formula is C47H87N9O9. The lowest BCUT2D eigenvalue weighted by Gasteiger charge is -2.33. The Balaban J connectivity index is 3.11. The molecule has 1 rings (SSSR count). The van der Waals surface area contributed by atoms with Gasteiger partial charge in [-0.2, -0.15) is 0 Å². The number of hydrogen-bond acceptors (Lipinski definition) is 10. The van der Waals surface area contributed by atoms with Crippen molar-refractivity contribution in [3.05, 3.63) is 0 Å². The molecule has 0 unspecified atom stereocenters. The predicted molar refractivity (Wildman–Crippen MR) is 252 cm³/mol. The van der Waals surface area contributed by atoms with Gasteiger partial charge in [0.05, 0.1) is 6.10 Å². The second kappa shape index (κ2) is 29.3. The van der Waals surface area contributed by atoms with E-state index in [4.69, 9.17) is 0 Å². The molecule has 1 fully saturated rings. The Morgan fingerprint density at radius 3 is 1.89 bits per heavy atom. The van der Waals surface area contributed by atoms with Gasteiger partial charge in [0, 0.05) is 38.5 Å². The number of carbonyl (C=O) groups excluding carboxylic acids is 8. The first-order valence-corrected chi connectivity index (χ1v) is 24.1. The second-order valence-electron chi connectivity index (χ2n) is 19.7. The van der Waals surface area contributed by atoms with Crippen LogP contribution in [0, 0.1) is 5.92 Å². The van der Waals surface area contributed by atoms with Crippen LogP contribution in [0.15, 0.2) is 0 Å². The van der Waals surface area contributed by atoms with Crippen LogP contribution in [0.25, 0.3) is 0 Å².